The zero-order valence-electron chi connectivity index (χ0n) is 63.1. The Labute approximate surface area is 644 Å². The van der Waals surface area contributed by atoms with Crippen LogP contribution in [0.25, 0.3) is 0 Å². The number of nitrogens with zero attached hydrogens (tertiary/aromatic N) is 1. The molecule has 12 nitrogen and oxygen atoms in total. The highest BCUT2D eigenvalue weighted by atomic mass is 19.4. The second kappa shape index (κ2) is 33.2. The van der Waals surface area contributed by atoms with Crippen molar-refractivity contribution >= 4 is 17.7 Å². The minimum Gasteiger partial charge on any atom is -0.370 e. The molecular weight excluding hydrogens is 1550 g/mol. The van der Waals surface area contributed by atoms with Crippen LogP contribution in [0.1, 0.15) is 202 Å². The van der Waals surface area contributed by atoms with Crippen molar-refractivity contribution in [3.8, 4) is 0 Å². The van der Waals surface area contributed by atoms with Crippen LogP contribution in [0, 0.1) is 35.2 Å². The highest BCUT2D eigenvalue weighted by Gasteiger charge is 2.55. The van der Waals surface area contributed by atoms with E-state index < -0.39 is 147 Å². The molecule has 3 heterocycles. The standard InChI is InChI=1S/C28H31F7N2O2.C27H29F7N2O2.C26H27F7N2O2/c1-15(17-11-18(27(30,31)32)13-19(12-17)28(33,34)35)39-23-10-9-21(24(23)16-5-7-20(29)8-6-16)22-14-26(2,37(3)4)25(38)36-22;1-14(16-10-17(26(29,30)31)12-18(11-16)27(32,33)34)38-22-9-8-20(21-13-25(2,35-3)24(37)36-21)23(22)15-4-6-19(28)7-5-15;1-13(15-9-16(25(28,29)30)11-17(10-15)26(31,32)33)37-21-8-7-19(20-12-24(2,34)23(36)35-20)22(21)14-3-5-18(27)6-4-14/h5-8,11-13,15,21-24H,9-10,14H2,1-4H3,(H,36,38);4-7,10-12,14,20-23,35H,8-9,13H2,1-3H3,(H,36,37);3-6,9-11,13,19-22H,7-8,12,34H2,1-2H3,(H,35,36)/t15-,21+,22-,23+,24+,26-;14-,20+,21-,22+,23+,25-;13-,19+,20+,21+,22+,24-/m111/s1. The lowest BCUT2D eigenvalue weighted by atomic mass is 9.80. The molecule has 18 atom stereocenters. The van der Waals surface area contributed by atoms with Gasteiger partial charge in [-0.15, -0.1) is 0 Å². The first-order chi connectivity index (χ1) is 52.7. The number of nitrogens with two attached hydrogens (primary N) is 1. The van der Waals surface area contributed by atoms with Crippen molar-refractivity contribution in [3.05, 3.63) is 212 Å². The van der Waals surface area contributed by atoms with Gasteiger partial charge in [-0.2, -0.15) is 79.0 Å². The average Bonchev–Trinajstić information content (AvgIpc) is 1.57. The quantitative estimate of drug-likeness (QED) is 0.0561. The van der Waals surface area contributed by atoms with Gasteiger partial charge in [0.05, 0.1) is 86.6 Å². The number of halogens is 21. The molecule has 3 saturated heterocycles. The number of nitrogens with one attached hydrogen (secondary N) is 4. The van der Waals surface area contributed by atoms with Crippen molar-refractivity contribution in [2.45, 2.75) is 226 Å². The molecule has 0 aromatic heterocycles. The van der Waals surface area contributed by atoms with Crippen molar-refractivity contribution in [1.82, 2.24) is 26.2 Å². The molecule has 33 heteroatoms. The maximum absolute atomic E-state index is 13.7. The Morgan fingerprint density at radius 3 is 0.877 bits per heavy atom. The summed E-state index contributed by atoms with van der Waals surface area (Å²) in [5, 5.41) is 12.0. The molecule has 0 bridgehead atoms. The molecular formula is C81H87F21N6O6. The number of hydrogen-bond acceptors (Lipinski definition) is 9. The Balaban J connectivity index is 0.000000181. The van der Waals surface area contributed by atoms with Gasteiger partial charge in [0, 0.05) is 35.9 Å². The first-order valence-corrected chi connectivity index (χ1v) is 36.9. The lowest BCUT2D eigenvalue weighted by Gasteiger charge is -2.32. The number of benzene rings is 6. The van der Waals surface area contributed by atoms with E-state index in [0.717, 1.165) is 11.1 Å². The zero-order chi connectivity index (χ0) is 84.3. The Morgan fingerprint density at radius 2 is 0.649 bits per heavy atom. The lowest BCUT2D eigenvalue weighted by molar-refractivity contribution is -0.145. The molecule has 6 aliphatic rings. The molecule has 3 aliphatic carbocycles. The average molecular weight is 1640 g/mol. The summed E-state index contributed by atoms with van der Waals surface area (Å²) < 4.78 is 301. The monoisotopic (exact) mass is 1640 g/mol. The van der Waals surface area contributed by atoms with Crippen LogP contribution < -0.4 is 27.0 Å². The Kier molecular flexibility index (Phi) is 25.7. The normalized spacial score (nSPS) is 29.0. The summed E-state index contributed by atoms with van der Waals surface area (Å²) in [5.74, 6) is -3.53. The van der Waals surface area contributed by atoms with Crippen LogP contribution >= 0.6 is 0 Å². The molecule has 3 saturated carbocycles. The molecule has 624 valence electrons. The van der Waals surface area contributed by atoms with Gasteiger partial charge in [0.2, 0.25) is 17.7 Å². The third kappa shape index (κ3) is 20.0. The van der Waals surface area contributed by atoms with Crippen LogP contribution in [0.4, 0.5) is 92.2 Å². The zero-order valence-corrected chi connectivity index (χ0v) is 63.1. The predicted octanol–water partition coefficient (Wildman–Crippen LogP) is 19.2. The summed E-state index contributed by atoms with van der Waals surface area (Å²) in [5.41, 5.74) is -3.55. The van der Waals surface area contributed by atoms with Crippen LogP contribution in [-0.2, 0) is 65.7 Å². The maximum Gasteiger partial charge on any atom is 0.416 e. The summed E-state index contributed by atoms with van der Waals surface area (Å²) in [4.78, 5) is 39.6. The number of carbonyl (C=O) groups is 3. The van der Waals surface area contributed by atoms with Crippen LogP contribution in [0.5, 0.6) is 0 Å². The fourth-order valence-corrected chi connectivity index (χ4v) is 17.0. The number of alkyl halides is 18. The second-order valence-corrected chi connectivity index (χ2v) is 31.4. The van der Waals surface area contributed by atoms with E-state index in [9.17, 15) is 107 Å². The van der Waals surface area contributed by atoms with Gasteiger partial charge in [-0.3, -0.25) is 19.3 Å². The first kappa shape index (κ1) is 88.4. The van der Waals surface area contributed by atoms with Crippen molar-refractivity contribution in [3.63, 3.8) is 0 Å². The van der Waals surface area contributed by atoms with E-state index >= 15 is 0 Å². The van der Waals surface area contributed by atoms with Crippen LogP contribution in [-0.4, -0.2) is 96.8 Å². The van der Waals surface area contributed by atoms with E-state index in [-0.39, 0.29) is 100 Å². The van der Waals surface area contributed by atoms with Gasteiger partial charge in [-0.1, -0.05) is 36.4 Å². The van der Waals surface area contributed by atoms with Gasteiger partial charge in [0.15, 0.2) is 0 Å². The van der Waals surface area contributed by atoms with Crippen LogP contribution in [0.2, 0.25) is 0 Å². The molecule has 0 unspecified atom stereocenters. The molecule has 6 aromatic rings. The van der Waals surface area contributed by atoms with E-state index in [4.69, 9.17) is 19.9 Å². The Bertz CT molecular complexity index is 4280. The minimum absolute atomic E-state index is 0.0791. The summed E-state index contributed by atoms with van der Waals surface area (Å²) in [6, 6.07) is 20.8. The van der Waals surface area contributed by atoms with Gasteiger partial charge in [-0.05, 0) is 263 Å². The van der Waals surface area contributed by atoms with E-state index in [1.54, 1.807) is 57.3 Å². The van der Waals surface area contributed by atoms with Crippen LogP contribution in [0.3, 0.4) is 0 Å². The molecule has 0 spiro atoms. The number of hydrogen-bond donors (Lipinski definition) is 5. The maximum atomic E-state index is 13.7. The third-order valence-electron chi connectivity index (χ3n) is 23.5. The highest BCUT2D eigenvalue weighted by Crippen LogP contribution is 2.53. The molecule has 0 radical (unpaired) electrons. The number of amides is 3. The number of ether oxygens (including phenoxy) is 3. The largest absolute Gasteiger partial charge is 0.416 e. The predicted molar refractivity (Wildman–Crippen MR) is 377 cm³/mol. The van der Waals surface area contributed by atoms with Crippen molar-refractivity contribution in [2.75, 3.05) is 21.1 Å². The number of likely N-dealkylation sites (N-methyl/N-ethyl adjacent to an activating group) is 2. The lowest BCUT2D eigenvalue weighted by Crippen LogP contribution is -2.47. The summed E-state index contributed by atoms with van der Waals surface area (Å²) in [6.07, 6.45) is -30.4. The fraction of sp³-hybridized carbons (Fsp3) is 0.519. The SMILES string of the molecule is CN[C@]1(C)C[C@H]([C@@H]2CC[C@H](O[C@H](C)c3cc(C(F)(F)F)cc(C(F)(F)F)c3)[C@H]2c2ccc(F)cc2)NC1=O.C[C@@H](O[C@H]1CC[C@@H]([C@@H]2C[C@@](C)(N)C(=O)N2)[C@@H]1c1ccc(F)cc1)c1cc(C(F)(F)F)cc(C(F)(F)F)c1.C[C@@H](O[C@H]1CC[C@@H]([C@H]2C[C@@](C)(N(C)C)C(=O)N2)[C@@H]1c1ccc(F)cc1)c1cc(C(F)(F)F)cc(C(F)(F)F)c1. The van der Waals surface area contributed by atoms with Crippen molar-refractivity contribution < 1.29 is 121 Å². The summed E-state index contributed by atoms with van der Waals surface area (Å²) >= 11 is 0. The molecule has 6 aromatic carbocycles. The molecule has 3 aliphatic heterocycles. The van der Waals surface area contributed by atoms with E-state index in [1.165, 1.54) is 57.2 Å². The number of rotatable bonds is 17. The van der Waals surface area contributed by atoms with Crippen LogP contribution in [0.15, 0.2) is 127 Å². The Hall–Kier alpha value is -7.98. The fourth-order valence-electron chi connectivity index (χ4n) is 17.0. The van der Waals surface area contributed by atoms with Gasteiger partial charge < -0.3 is 41.2 Å². The van der Waals surface area contributed by atoms with Gasteiger partial charge in [0.1, 0.15) is 17.5 Å². The summed E-state index contributed by atoms with van der Waals surface area (Å²) in [6.45, 7) is 9.48. The second-order valence-electron chi connectivity index (χ2n) is 31.4. The first-order valence-electron chi connectivity index (χ1n) is 36.9. The smallest absolute Gasteiger partial charge is 0.370 e. The molecule has 3 amide bonds. The van der Waals surface area contributed by atoms with Gasteiger partial charge in [-0.25, -0.2) is 13.2 Å². The highest BCUT2D eigenvalue weighted by molar-refractivity contribution is 5.89. The molecule has 6 N–H and O–H groups in total. The minimum atomic E-state index is -4.97. The van der Waals surface area contributed by atoms with Gasteiger partial charge >= 0.3 is 37.1 Å². The summed E-state index contributed by atoms with van der Waals surface area (Å²) in [7, 11) is 5.31. The van der Waals surface area contributed by atoms with Crippen molar-refractivity contribution in [1.29, 1.82) is 0 Å². The van der Waals surface area contributed by atoms with E-state index in [0.29, 0.717) is 99.7 Å². The van der Waals surface area contributed by atoms with Crippen molar-refractivity contribution in [2.24, 2.45) is 23.5 Å². The Morgan fingerprint density at radius 1 is 0.395 bits per heavy atom. The van der Waals surface area contributed by atoms with E-state index in [1.807, 2.05) is 25.9 Å². The third-order valence-corrected chi connectivity index (χ3v) is 23.5. The van der Waals surface area contributed by atoms with E-state index in [2.05, 4.69) is 21.3 Å². The molecule has 114 heavy (non-hydrogen) atoms. The molecule has 6 fully saturated rings. The van der Waals surface area contributed by atoms with Gasteiger partial charge in [0.25, 0.3) is 0 Å². The topological polar surface area (TPSA) is 156 Å². The molecule has 12 rings (SSSR count). The number of carbonyl (C=O) groups excluding carboxylic acids is 3.